The first kappa shape index (κ1) is 15.5. The molecule has 5 heteroatoms. The predicted molar refractivity (Wildman–Crippen MR) is 81.5 cm³/mol. The molecule has 0 bridgehead atoms. The van der Waals surface area contributed by atoms with Crippen LogP contribution in [0.3, 0.4) is 0 Å². The average molecular weight is 296 g/mol. The van der Waals surface area contributed by atoms with Gasteiger partial charge in [-0.15, -0.1) is 0 Å². The molecule has 3 N–H and O–H groups in total. The lowest BCUT2D eigenvalue weighted by Crippen LogP contribution is -2.42. The zero-order valence-electron chi connectivity index (χ0n) is 12.1. The molecule has 0 saturated heterocycles. The first-order valence-electron chi connectivity index (χ1n) is 7.24. The summed E-state index contributed by atoms with van der Waals surface area (Å²) in [7, 11) is -3.25. The molecular formula is C15H24N2O2S. The molecule has 20 heavy (non-hydrogen) atoms. The van der Waals surface area contributed by atoms with Gasteiger partial charge in [-0.05, 0) is 35.8 Å². The first-order valence-corrected chi connectivity index (χ1v) is 8.89. The van der Waals surface area contributed by atoms with Crippen LogP contribution in [0, 0.1) is 5.41 Å². The molecule has 0 aromatic heterocycles. The fraction of sp³-hybridized carbons (Fsp3) is 0.600. The van der Waals surface area contributed by atoms with Crippen LogP contribution in [-0.4, -0.2) is 15.0 Å². The summed E-state index contributed by atoms with van der Waals surface area (Å²) >= 11 is 0. The van der Waals surface area contributed by atoms with E-state index < -0.39 is 10.0 Å². The van der Waals surface area contributed by atoms with E-state index in [9.17, 15) is 8.42 Å². The highest BCUT2D eigenvalue weighted by atomic mass is 32.2. The molecule has 0 spiro atoms. The van der Waals surface area contributed by atoms with Crippen LogP contribution in [0.4, 0.5) is 0 Å². The molecule has 0 heterocycles. The zero-order chi connectivity index (χ0) is 14.6. The Morgan fingerprint density at radius 3 is 2.25 bits per heavy atom. The monoisotopic (exact) mass is 296 g/mol. The SMILES string of the molecule is CCC1(CNS(=O)(=O)Cc2ccc(CN)cc2)CCC1. The third kappa shape index (κ3) is 3.81. The van der Waals surface area contributed by atoms with Crippen LogP contribution in [0.1, 0.15) is 43.7 Å². The normalized spacial score (nSPS) is 17.7. The van der Waals surface area contributed by atoms with Crippen molar-refractivity contribution in [1.29, 1.82) is 0 Å². The van der Waals surface area contributed by atoms with Crippen molar-refractivity contribution >= 4 is 10.0 Å². The van der Waals surface area contributed by atoms with Crippen LogP contribution in [-0.2, 0) is 22.3 Å². The predicted octanol–water partition coefficient (Wildman–Crippen LogP) is 2.14. The van der Waals surface area contributed by atoms with E-state index in [0.717, 1.165) is 30.4 Å². The van der Waals surface area contributed by atoms with Gasteiger partial charge in [-0.3, -0.25) is 0 Å². The van der Waals surface area contributed by atoms with E-state index in [4.69, 9.17) is 5.73 Å². The number of sulfonamides is 1. The van der Waals surface area contributed by atoms with Crippen molar-refractivity contribution in [2.75, 3.05) is 6.54 Å². The van der Waals surface area contributed by atoms with Crippen LogP contribution >= 0.6 is 0 Å². The van der Waals surface area contributed by atoms with E-state index in [1.54, 1.807) is 0 Å². The highest BCUT2D eigenvalue weighted by Gasteiger charge is 2.35. The van der Waals surface area contributed by atoms with Crippen molar-refractivity contribution < 1.29 is 8.42 Å². The highest BCUT2D eigenvalue weighted by Crippen LogP contribution is 2.43. The van der Waals surface area contributed by atoms with E-state index in [1.807, 2.05) is 24.3 Å². The van der Waals surface area contributed by atoms with Gasteiger partial charge in [0.1, 0.15) is 0 Å². The number of hydrogen-bond donors (Lipinski definition) is 2. The second kappa shape index (κ2) is 6.24. The highest BCUT2D eigenvalue weighted by molar-refractivity contribution is 7.88. The third-order valence-electron chi connectivity index (χ3n) is 4.45. The maximum absolute atomic E-state index is 12.1. The molecule has 2 rings (SSSR count). The summed E-state index contributed by atoms with van der Waals surface area (Å²) in [4.78, 5) is 0. The van der Waals surface area contributed by atoms with Gasteiger partial charge in [0.05, 0.1) is 5.75 Å². The summed E-state index contributed by atoms with van der Waals surface area (Å²) in [6, 6.07) is 7.43. The van der Waals surface area contributed by atoms with Crippen LogP contribution in [0.5, 0.6) is 0 Å². The second-order valence-electron chi connectivity index (χ2n) is 5.81. The zero-order valence-corrected chi connectivity index (χ0v) is 12.9. The van der Waals surface area contributed by atoms with Crippen LogP contribution in [0.2, 0.25) is 0 Å². The maximum atomic E-state index is 12.1. The van der Waals surface area contributed by atoms with Gasteiger partial charge in [-0.25, -0.2) is 13.1 Å². The fourth-order valence-electron chi connectivity index (χ4n) is 2.64. The van der Waals surface area contributed by atoms with Crippen molar-refractivity contribution in [2.45, 2.75) is 44.9 Å². The maximum Gasteiger partial charge on any atom is 0.215 e. The topological polar surface area (TPSA) is 72.2 Å². The lowest BCUT2D eigenvalue weighted by Gasteiger charge is -2.41. The molecule has 112 valence electrons. The molecular weight excluding hydrogens is 272 g/mol. The van der Waals surface area contributed by atoms with Gasteiger partial charge in [0.2, 0.25) is 10.0 Å². The molecule has 1 aliphatic carbocycles. The minimum Gasteiger partial charge on any atom is -0.326 e. The summed E-state index contributed by atoms with van der Waals surface area (Å²) in [6.45, 7) is 3.19. The van der Waals surface area contributed by atoms with Crippen molar-refractivity contribution in [3.8, 4) is 0 Å². The second-order valence-corrected chi connectivity index (χ2v) is 7.61. The van der Waals surface area contributed by atoms with E-state index in [1.165, 1.54) is 6.42 Å². The Balaban J connectivity index is 1.92. The van der Waals surface area contributed by atoms with Crippen LogP contribution in [0.25, 0.3) is 0 Å². The van der Waals surface area contributed by atoms with Gasteiger partial charge in [-0.2, -0.15) is 0 Å². The number of hydrogen-bond acceptors (Lipinski definition) is 3. The van der Waals surface area contributed by atoms with E-state index in [0.29, 0.717) is 13.1 Å². The van der Waals surface area contributed by atoms with Gasteiger partial charge < -0.3 is 5.73 Å². The molecule has 1 aliphatic rings. The van der Waals surface area contributed by atoms with E-state index in [-0.39, 0.29) is 11.2 Å². The molecule has 0 unspecified atom stereocenters. The van der Waals surface area contributed by atoms with Crippen molar-refractivity contribution in [3.63, 3.8) is 0 Å². The Bertz CT molecular complexity index is 528. The molecule has 0 aliphatic heterocycles. The largest absolute Gasteiger partial charge is 0.326 e. The van der Waals surface area contributed by atoms with E-state index >= 15 is 0 Å². The van der Waals surface area contributed by atoms with Crippen molar-refractivity contribution in [2.24, 2.45) is 11.1 Å². The van der Waals surface area contributed by atoms with Crippen LogP contribution < -0.4 is 10.5 Å². The lowest BCUT2D eigenvalue weighted by atomic mass is 9.67. The fourth-order valence-corrected chi connectivity index (χ4v) is 3.90. The summed E-state index contributed by atoms with van der Waals surface area (Å²) < 4.78 is 27.0. The number of nitrogens with one attached hydrogen (secondary N) is 1. The van der Waals surface area contributed by atoms with Gasteiger partial charge in [0.15, 0.2) is 0 Å². The molecule has 0 atom stereocenters. The van der Waals surface area contributed by atoms with Crippen molar-refractivity contribution in [1.82, 2.24) is 4.72 Å². The van der Waals surface area contributed by atoms with Crippen molar-refractivity contribution in [3.05, 3.63) is 35.4 Å². The van der Waals surface area contributed by atoms with Gasteiger partial charge in [0, 0.05) is 13.1 Å². The number of benzene rings is 1. The Hall–Kier alpha value is -0.910. The Morgan fingerprint density at radius 2 is 1.80 bits per heavy atom. The van der Waals surface area contributed by atoms with Gasteiger partial charge in [-0.1, -0.05) is 37.6 Å². The molecule has 0 radical (unpaired) electrons. The molecule has 1 fully saturated rings. The summed E-state index contributed by atoms with van der Waals surface area (Å²) in [6.07, 6.45) is 4.53. The minimum atomic E-state index is -3.25. The molecule has 0 amide bonds. The number of nitrogens with two attached hydrogens (primary N) is 1. The molecule has 1 aromatic rings. The van der Waals surface area contributed by atoms with E-state index in [2.05, 4.69) is 11.6 Å². The number of rotatable bonds is 7. The van der Waals surface area contributed by atoms with Crippen LogP contribution in [0.15, 0.2) is 24.3 Å². The summed E-state index contributed by atoms with van der Waals surface area (Å²) in [5.74, 6) is 0.0393. The Labute approximate surface area is 121 Å². The Morgan fingerprint density at radius 1 is 1.20 bits per heavy atom. The summed E-state index contributed by atoms with van der Waals surface area (Å²) in [5.41, 5.74) is 7.55. The smallest absolute Gasteiger partial charge is 0.215 e. The standard InChI is InChI=1S/C15H24N2O2S/c1-2-15(8-3-9-15)12-17-20(18,19)11-14-6-4-13(10-16)5-7-14/h4-7,17H,2-3,8-12,16H2,1H3. The minimum absolute atomic E-state index is 0.0393. The molecule has 1 saturated carbocycles. The van der Waals surface area contributed by atoms with Gasteiger partial charge in [0.25, 0.3) is 0 Å². The summed E-state index contributed by atoms with van der Waals surface area (Å²) in [5, 5.41) is 0. The molecule has 1 aromatic carbocycles. The Kier molecular flexibility index (Phi) is 4.83. The first-order chi connectivity index (χ1) is 9.49. The third-order valence-corrected chi connectivity index (χ3v) is 5.74. The molecule has 4 nitrogen and oxygen atoms in total. The lowest BCUT2D eigenvalue weighted by molar-refractivity contribution is 0.133. The van der Waals surface area contributed by atoms with Gasteiger partial charge >= 0.3 is 0 Å². The average Bonchev–Trinajstić information content (AvgIpc) is 2.38. The quantitative estimate of drug-likeness (QED) is 0.809.